The molecule has 0 unspecified atom stereocenters. The first-order valence-electron chi connectivity index (χ1n) is 11.4. The lowest BCUT2D eigenvalue weighted by atomic mass is 10.2. The summed E-state index contributed by atoms with van der Waals surface area (Å²) in [4.78, 5) is 24.9. The number of hydrogen-bond donors (Lipinski definition) is 0. The second-order valence-electron chi connectivity index (χ2n) is 7.57. The third-order valence-electron chi connectivity index (χ3n) is 4.84. The van der Waals surface area contributed by atoms with Crippen molar-refractivity contribution in [2.75, 3.05) is 24.8 Å². The van der Waals surface area contributed by atoms with Crippen LogP contribution >= 0.6 is 0 Å². The molecule has 0 saturated carbocycles. The Kier molecular flexibility index (Phi) is 9.65. The summed E-state index contributed by atoms with van der Waals surface area (Å²) in [5.41, 5.74) is -0.446. The Morgan fingerprint density at radius 3 is 2.24 bits per heavy atom. The number of ether oxygens (including phenoxy) is 3. The van der Waals surface area contributed by atoms with E-state index in [1.807, 2.05) is 6.92 Å². The number of amides is 1. The molecule has 0 spiro atoms. The lowest BCUT2D eigenvalue weighted by Crippen LogP contribution is -2.31. The Morgan fingerprint density at radius 2 is 1.59 bits per heavy atom. The summed E-state index contributed by atoms with van der Waals surface area (Å²) < 4.78 is 55.5. The number of alkyl halides is 3. The quantitative estimate of drug-likeness (QED) is 0.192. The number of anilines is 1. The molecule has 0 bridgehead atoms. The maximum atomic E-state index is 13.2. The van der Waals surface area contributed by atoms with Crippen LogP contribution in [0.1, 0.15) is 24.5 Å². The second-order valence-corrected chi connectivity index (χ2v) is 7.57. The van der Waals surface area contributed by atoms with Gasteiger partial charge in [-0.25, -0.2) is 0 Å². The first-order valence-corrected chi connectivity index (χ1v) is 11.4. The normalized spacial score (nSPS) is 11.2. The van der Waals surface area contributed by atoms with Crippen LogP contribution in [0, 0.1) is 0 Å². The van der Waals surface area contributed by atoms with Crippen molar-refractivity contribution in [1.82, 2.24) is 0 Å². The Labute approximate surface area is 212 Å². The maximum Gasteiger partial charge on any atom is 0.416 e. The van der Waals surface area contributed by atoms with E-state index in [9.17, 15) is 22.8 Å². The zero-order chi connectivity index (χ0) is 26.7. The molecule has 0 aromatic heterocycles. The van der Waals surface area contributed by atoms with E-state index in [1.165, 1.54) is 18.3 Å². The van der Waals surface area contributed by atoms with Crippen LogP contribution in [0.3, 0.4) is 0 Å². The van der Waals surface area contributed by atoms with E-state index in [0.717, 1.165) is 17.1 Å². The topological polar surface area (TPSA) is 77.4 Å². The van der Waals surface area contributed by atoms with Crippen LogP contribution < -0.4 is 14.5 Å². The molecule has 0 N–H and O–H groups in total. The van der Waals surface area contributed by atoms with Crippen LogP contribution in [0.4, 0.5) is 18.9 Å². The van der Waals surface area contributed by atoms with Gasteiger partial charge in [0, 0.05) is 0 Å². The van der Waals surface area contributed by atoms with Crippen molar-refractivity contribution in [3.8, 4) is 11.5 Å². The molecule has 194 valence electrons. The summed E-state index contributed by atoms with van der Waals surface area (Å²) in [7, 11) is 0. The highest BCUT2D eigenvalue weighted by molar-refractivity contribution is 5.96. The Hall–Kier alpha value is -4.34. The van der Waals surface area contributed by atoms with Crippen molar-refractivity contribution < 1.29 is 37.0 Å². The molecule has 0 saturated heterocycles. The number of benzene rings is 3. The van der Waals surface area contributed by atoms with Crippen molar-refractivity contribution in [3.05, 3.63) is 90.0 Å². The molecule has 10 heteroatoms. The largest absolute Gasteiger partial charge is 0.494 e. The molecule has 3 aromatic rings. The summed E-state index contributed by atoms with van der Waals surface area (Å²) in [5.74, 6) is -0.325. The van der Waals surface area contributed by atoms with Gasteiger partial charge in [0.25, 0.3) is 5.91 Å². The average molecular weight is 515 g/mol. The van der Waals surface area contributed by atoms with Crippen LogP contribution in [-0.4, -0.2) is 37.9 Å². The van der Waals surface area contributed by atoms with Gasteiger partial charge in [-0.15, -0.1) is 0 Å². The second kappa shape index (κ2) is 13.1. The number of nitrogens with zero attached hydrogens (tertiary/aromatic N) is 2. The molecule has 0 aliphatic heterocycles. The third kappa shape index (κ3) is 8.68. The first-order chi connectivity index (χ1) is 17.8. The van der Waals surface area contributed by atoms with E-state index in [4.69, 9.17) is 14.2 Å². The highest BCUT2D eigenvalue weighted by atomic mass is 19.4. The van der Waals surface area contributed by atoms with Gasteiger partial charge in [-0.3, -0.25) is 9.59 Å². The number of halogens is 3. The minimum absolute atomic E-state index is 0.00447. The monoisotopic (exact) mass is 514 g/mol. The van der Waals surface area contributed by atoms with Crippen molar-refractivity contribution in [1.29, 1.82) is 0 Å². The number of carbonyl (C=O) groups is 2. The fraction of sp³-hybridized carbons (Fsp3) is 0.222. The average Bonchev–Trinajstić information content (AvgIpc) is 2.89. The number of hydrogen-bond acceptors (Lipinski definition) is 6. The van der Waals surface area contributed by atoms with E-state index in [0.29, 0.717) is 23.7 Å². The highest BCUT2D eigenvalue weighted by Gasteiger charge is 2.31. The van der Waals surface area contributed by atoms with Crippen molar-refractivity contribution >= 4 is 23.8 Å². The summed E-state index contributed by atoms with van der Waals surface area (Å²) in [6.45, 7) is 1.69. The van der Waals surface area contributed by atoms with Crippen LogP contribution in [0.15, 0.2) is 84.0 Å². The number of rotatable bonds is 11. The van der Waals surface area contributed by atoms with Crippen molar-refractivity contribution in [2.45, 2.75) is 19.5 Å². The zero-order valence-corrected chi connectivity index (χ0v) is 20.0. The Morgan fingerprint density at radius 1 is 0.919 bits per heavy atom. The number of carbonyl (C=O) groups excluding carboxylic acids is 2. The molecule has 3 rings (SSSR count). The van der Waals surface area contributed by atoms with E-state index in [2.05, 4.69) is 5.10 Å². The van der Waals surface area contributed by atoms with Crippen LogP contribution in [-0.2, 0) is 20.5 Å². The fourth-order valence-electron chi connectivity index (χ4n) is 3.08. The zero-order valence-electron chi connectivity index (χ0n) is 20.0. The minimum atomic E-state index is -4.61. The van der Waals surface area contributed by atoms with E-state index in [1.54, 1.807) is 54.6 Å². The first kappa shape index (κ1) is 27.3. The third-order valence-corrected chi connectivity index (χ3v) is 4.84. The molecule has 1 amide bonds. The van der Waals surface area contributed by atoms with Gasteiger partial charge >= 0.3 is 12.1 Å². The summed E-state index contributed by atoms with van der Waals surface area (Å²) in [5, 5.41) is 4.82. The van der Waals surface area contributed by atoms with Crippen molar-refractivity contribution in [3.63, 3.8) is 0 Å². The molecule has 37 heavy (non-hydrogen) atoms. The Balaban J connectivity index is 1.61. The van der Waals surface area contributed by atoms with Gasteiger partial charge in [0.15, 0.2) is 6.61 Å². The predicted molar refractivity (Wildman–Crippen MR) is 132 cm³/mol. The molecule has 0 heterocycles. The number of hydrazone groups is 1. The van der Waals surface area contributed by atoms with Gasteiger partial charge in [0.2, 0.25) is 0 Å². The SMILES string of the molecule is CCOc1ccc(OCCC(=O)OCC(=O)N(/N=C\c2ccccc2)c2cccc(C(F)(F)F)c2)cc1. The lowest BCUT2D eigenvalue weighted by molar-refractivity contribution is -0.148. The van der Waals surface area contributed by atoms with Gasteiger partial charge in [0.1, 0.15) is 11.5 Å². The smallest absolute Gasteiger partial charge is 0.416 e. The van der Waals surface area contributed by atoms with Crippen LogP contribution in [0.25, 0.3) is 0 Å². The molecule has 0 radical (unpaired) electrons. The van der Waals surface area contributed by atoms with E-state index in [-0.39, 0.29) is 18.7 Å². The van der Waals surface area contributed by atoms with Gasteiger partial charge in [-0.1, -0.05) is 36.4 Å². The molecule has 0 aliphatic carbocycles. The molecular weight excluding hydrogens is 489 g/mol. The fourth-order valence-corrected chi connectivity index (χ4v) is 3.08. The standard InChI is InChI=1S/C27H25F3N2O5/c1-2-35-23-11-13-24(14-12-23)36-16-15-26(34)37-19-25(33)32(31-18-20-7-4-3-5-8-20)22-10-6-9-21(17-22)27(28,29)30/h3-14,17-18H,2,15-16,19H2,1H3/b31-18-. The van der Waals surface area contributed by atoms with Gasteiger partial charge in [-0.2, -0.15) is 23.3 Å². The predicted octanol–water partition coefficient (Wildman–Crippen LogP) is 5.48. The van der Waals surface area contributed by atoms with Gasteiger partial charge in [0.05, 0.1) is 37.1 Å². The van der Waals surface area contributed by atoms with Crippen LogP contribution in [0.2, 0.25) is 0 Å². The molecule has 7 nitrogen and oxygen atoms in total. The minimum Gasteiger partial charge on any atom is -0.494 e. The highest BCUT2D eigenvalue weighted by Crippen LogP contribution is 2.31. The van der Waals surface area contributed by atoms with E-state index < -0.39 is 30.2 Å². The van der Waals surface area contributed by atoms with Crippen LogP contribution in [0.5, 0.6) is 11.5 Å². The maximum absolute atomic E-state index is 13.2. The molecule has 3 aromatic carbocycles. The molecular formula is C27H25F3N2O5. The summed E-state index contributed by atoms with van der Waals surface area (Å²) in [6.07, 6.45) is -3.42. The molecule has 0 atom stereocenters. The van der Waals surface area contributed by atoms with E-state index >= 15 is 0 Å². The summed E-state index contributed by atoms with van der Waals surface area (Å²) in [6, 6.07) is 19.7. The Bertz CT molecular complexity index is 1200. The van der Waals surface area contributed by atoms with Gasteiger partial charge < -0.3 is 14.2 Å². The summed E-state index contributed by atoms with van der Waals surface area (Å²) >= 11 is 0. The van der Waals surface area contributed by atoms with Gasteiger partial charge in [-0.05, 0) is 55.0 Å². The molecule has 0 aliphatic rings. The molecule has 0 fully saturated rings. The number of esters is 1. The van der Waals surface area contributed by atoms with Crippen molar-refractivity contribution in [2.24, 2.45) is 5.10 Å². The lowest BCUT2D eigenvalue weighted by Gasteiger charge is -2.18.